The summed E-state index contributed by atoms with van der Waals surface area (Å²) in [5.74, 6) is -0.153. The molecule has 51 heavy (non-hydrogen) atoms. The highest BCUT2D eigenvalue weighted by Gasteiger charge is 2.28. The number of rotatable bonds is 39. The van der Waals surface area contributed by atoms with E-state index in [1.54, 1.807) is 0 Å². The number of nitrogens with zero attached hydrogens (tertiary/aromatic N) is 1. The number of carbonyl (C=O) groups excluding carboxylic acids is 1. The Morgan fingerprint density at radius 3 is 1.51 bits per heavy atom. The molecule has 0 saturated carbocycles. The fourth-order valence-corrected chi connectivity index (χ4v) is 7.01. The van der Waals surface area contributed by atoms with Gasteiger partial charge in [0.2, 0.25) is 5.91 Å². The lowest BCUT2D eigenvalue weighted by atomic mass is 10.0. The maximum absolute atomic E-state index is 12.8. The van der Waals surface area contributed by atoms with Crippen molar-refractivity contribution in [1.29, 1.82) is 0 Å². The molecule has 0 saturated heterocycles. The number of aliphatic hydroxyl groups excluding tert-OH is 1. The fraction of sp³-hybridized carbons (Fsp3) is 0.929. The van der Waals surface area contributed by atoms with Crippen molar-refractivity contribution in [1.82, 2.24) is 5.32 Å². The van der Waals surface area contributed by atoms with Crippen LogP contribution in [0.15, 0.2) is 12.2 Å². The Morgan fingerprint density at radius 1 is 0.647 bits per heavy atom. The van der Waals surface area contributed by atoms with Gasteiger partial charge in [0.15, 0.2) is 0 Å². The van der Waals surface area contributed by atoms with Crippen molar-refractivity contribution in [2.75, 3.05) is 40.9 Å². The maximum Gasteiger partial charge on any atom is 0.472 e. The Balaban J connectivity index is 4.41. The molecule has 0 spiro atoms. The molecule has 0 rings (SSSR count). The molecular formula is C42H86N2O6P+. The molecule has 3 N–H and O–H groups in total. The van der Waals surface area contributed by atoms with Crippen LogP contribution in [0.5, 0.6) is 0 Å². The zero-order valence-electron chi connectivity index (χ0n) is 34.4. The van der Waals surface area contributed by atoms with Gasteiger partial charge in [-0.15, -0.1) is 0 Å². The minimum atomic E-state index is -4.31. The first-order chi connectivity index (χ1) is 24.5. The third-order valence-corrected chi connectivity index (χ3v) is 10.7. The largest absolute Gasteiger partial charge is 0.472 e. The normalized spacial score (nSPS) is 14.6. The molecule has 0 aliphatic rings. The lowest BCUT2D eigenvalue weighted by Crippen LogP contribution is -2.46. The van der Waals surface area contributed by atoms with Gasteiger partial charge in [-0.2, -0.15) is 0 Å². The molecule has 0 aliphatic carbocycles. The van der Waals surface area contributed by atoms with Gasteiger partial charge in [0.1, 0.15) is 13.2 Å². The van der Waals surface area contributed by atoms with Gasteiger partial charge in [-0.05, 0) is 38.5 Å². The molecule has 0 aromatic rings. The molecular weight excluding hydrogens is 659 g/mol. The number of phosphoric acid groups is 1. The molecule has 0 fully saturated rings. The number of hydrogen-bond acceptors (Lipinski definition) is 5. The number of unbranched alkanes of at least 4 members (excludes halogenated alkanes) is 24. The molecule has 0 aromatic heterocycles. The first kappa shape index (κ1) is 50.2. The average molecular weight is 746 g/mol. The standard InChI is InChI=1S/C42H85N2O6P/c1-6-8-10-12-14-16-18-20-22-24-26-28-30-32-34-36-42(46)43-40(39-50-51(47,48)49-38-37-44(3,4)5)41(45)35-33-31-29-27-25-23-21-19-17-15-13-11-9-7-2/h25,27,40-41,45H,6-24,26,28-39H2,1-5H3,(H-,43,46,47,48)/p+1/b27-25+/t40-,41+/m0/s1. The first-order valence-corrected chi connectivity index (χ1v) is 23.0. The van der Waals surface area contributed by atoms with E-state index in [0.717, 1.165) is 44.9 Å². The van der Waals surface area contributed by atoms with Crippen molar-refractivity contribution in [3.8, 4) is 0 Å². The third-order valence-electron chi connectivity index (χ3n) is 9.76. The Hall–Kier alpha value is -0.760. The highest BCUT2D eigenvalue weighted by atomic mass is 31.2. The summed E-state index contributed by atoms with van der Waals surface area (Å²) in [6.45, 7) is 4.87. The molecule has 1 amide bonds. The second kappa shape index (κ2) is 35.0. The Kier molecular flexibility index (Phi) is 34.5. The number of phosphoric ester groups is 1. The minimum Gasteiger partial charge on any atom is -0.391 e. The molecule has 0 radical (unpaired) electrons. The number of hydrogen-bond donors (Lipinski definition) is 3. The molecule has 0 bridgehead atoms. The molecule has 3 atom stereocenters. The van der Waals surface area contributed by atoms with Crippen molar-refractivity contribution in [2.45, 2.75) is 212 Å². The summed E-state index contributed by atoms with van der Waals surface area (Å²) in [6.07, 6.45) is 38.0. The smallest absolute Gasteiger partial charge is 0.391 e. The van der Waals surface area contributed by atoms with Gasteiger partial charge in [0.25, 0.3) is 0 Å². The summed E-state index contributed by atoms with van der Waals surface area (Å²) >= 11 is 0. The molecule has 0 aromatic carbocycles. The second-order valence-corrected chi connectivity index (χ2v) is 17.5. The van der Waals surface area contributed by atoms with E-state index in [9.17, 15) is 19.4 Å². The van der Waals surface area contributed by atoms with Crippen LogP contribution in [0.2, 0.25) is 0 Å². The number of quaternary nitrogens is 1. The second-order valence-electron chi connectivity index (χ2n) is 16.1. The Morgan fingerprint density at radius 2 is 1.06 bits per heavy atom. The quantitative estimate of drug-likeness (QED) is 0.0250. The van der Waals surface area contributed by atoms with Crippen LogP contribution in [0, 0.1) is 0 Å². The van der Waals surface area contributed by atoms with E-state index in [1.165, 1.54) is 128 Å². The number of likely N-dealkylation sites (N-methyl/N-ethyl adjacent to an activating group) is 1. The van der Waals surface area contributed by atoms with E-state index in [1.807, 2.05) is 21.1 Å². The zero-order valence-corrected chi connectivity index (χ0v) is 35.3. The third kappa shape index (κ3) is 37.4. The van der Waals surface area contributed by atoms with Crippen molar-refractivity contribution >= 4 is 13.7 Å². The van der Waals surface area contributed by atoms with Crippen LogP contribution < -0.4 is 5.32 Å². The molecule has 304 valence electrons. The summed E-state index contributed by atoms with van der Waals surface area (Å²) in [4.78, 5) is 23.1. The monoisotopic (exact) mass is 746 g/mol. The van der Waals surface area contributed by atoms with Gasteiger partial charge in [-0.25, -0.2) is 4.57 Å². The number of carbonyl (C=O) groups is 1. The number of aliphatic hydroxyl groups is 1. The average Bonchev–Trinajstić information content (AvgIpc) is 3.07. The van der Waals surface area contributed by atoms with Crippen LogP contribution in [0.25, 0.3) is 0 Å². The van der Waals surface area contributed by atoms with E-state index >= 15 is 0 Å². The van der Waals surface area contributed by atoms with E-state index in [4.69, 9.17) is 9.05 Å². The molecule has 0 aliphatic heterocycles. The van der Waals surface area contributed by atoms with Crippen LogP contribution in [0.4, 0.5) is 0 Å². The van der Waals surface area contributed by atoms with E-state index < -0.39 is 20.0 Å². The predicted molar refractivity (Wildman–Crippen MR) is 217 cm³/mol. The van der Waals surface area contributed by atoms with Crippen LogP contribution in [0.1, 0.15) is 200 Å². The van der Waals surface area contributed by atoms with Crippen LogP contribution >= 0.6 is 7.82 Å². The van der Waals surface area contributed by atoms with Gasteiger partial charge in [0, 0.05) is 6.42 Å². The van der Waals surface area contributed by atoms with Gasteiger partial charge in [-0.1, -0.05) is 167 Å². The van der Waals surface area contributed by atoms with Gasteiger partial charge < -0.3 is 19.8 Å². The van der Waals surface area contributed by atoms with E-state index in [-0.39, 0.29) is 19.1 Å². The summed E-state index contributed by atoms with van der Waals surface area (Å²) in [7, 11) is 1.61. The van der Waals surface area contributed by atoms with Gasteiger partial charge >= 0.3 is 7.82 Å². The summed E-state index contributed by atoms with van der Waals surface area (Å²) in [6, 6.07) is -0.770. The van der Waals surface area contributed by atoms with Crippen molar-refractivity contribution < 1.29 is 32.9 Å². The summed E-state index contributed by atoms with van der Waals surface area (Å²) in [5, 5.41) is 13.9. The van der Waals surface area contributed by atoms with Crippen molar-refractivity contribution in [3.05, 3.63) is 12.2 Å². The highest BCUT2D eigenvalue weighted by molar-refractivity contribution is 7.47. The number of nitrogens with one attached hydrogen (secondary N) is 1. The van der Waals surface area contributed by atoms with Crippen molar-refractivity contribution in [2.24, 2.45) is 0 Å². The SMILES string of the molecule is CCCCCCCCCC/C=C/CCCC[C@@H](O)[C@H](COP(=O)(O)OCC[N+](C)(C)C)NC(=O)CCCCCCCCCCCCCCCCC. The fourth-order valence-electron chi connectivity index (χ4n) is 6.28. The predicted octanol–water partition coefficient (Wildman–Crippen LogP) is 11.6. The summed E-state index contributed by atoms with van der Waals surface area (Å²) in [5.41, 5.74) is 0. The molecule has 8 nitrogen and oxygen atoms in total. The Bertz CT molecular complexity index is 850. The molecule has 1 unspecified atom stereocenters. The minimum absolute atomic E-state index is 0.0720. The van der Waals surface area contributed by atoms with Gasteiger partial charge in [0.05, 0.1) is 39.9 Å². The van der Waals surface area contributed by atoms with Gasteiger partial charge in [-0.3, -0.25) is 13.8 Å². The van der Waals surface area contributed by atoms with E-state index in [2.05, 4.69) is 31.3 Å². The lowest BCUT2D eigenvalue weighted by Gasteiger charge is -2.26. The van der Waals surface area contributed by atoms with Crippen LogP contribution in [0.3, 0.4) is 0 Å². The van der Waals surface area contributed by atoms with Crippen LogP contribution in [-0.2, 0) is 18.4 Å². The van der Waals surface area contributed by atoms with Crippen LogP contribution in [-0.4, -0.2) is 73.4 Å². The van der Waals surface area contributed by atoms with E-state index in [0.29, 0.717) is 23.9 Å². The molecule has 9 heteroatoms. The maximum atomic E-state index is 12.8. The highest BCUT2D eigenvalue weighted by Crippen LogP contribution is 2.43. The zero-order chi connectivity index (χ0) is 37.9. The first-order valence-electron chi connectivity index (χ1n) is 21.6. The molecule has 0 heterocycles. The van der Waals surface area contributed by atoms with Crippen molar-refractivity contribution in [3.63, 3.8) is 0 Å². The lowest BCUT2D eigenvalue weighted by molar-refractivity contribution is -0.870. The summed E-state index contributed by atoms with van der Waals surface area (Å²) < 4.78 is 23.6. The number of amides is 1. The number of allylic oxidation sites excluding steroid dienone is 2. The Labute approximate surface area is 316 Å². The topological polar surface area (TPSA) is 105 Å².